The number of rotatable bonds is 2. The summed E-state index contributed by atoms with van der Waals surface area (Å²) in [5.41, 5.74) is -1.03. The SMILES string of the molecule is CCC1(C(=O)O)CCCN1C(=O)N1CC2CCC(O)C2C1. The van der Waals surface area contributed by atoms with Crippen molar-refractivity contribution >= 4 is 12.0 Å². The minimum atomic E-state index is -1.03. The third-order valence-electron chi connectivity index (χ3n) is 5.79. The van der Waals surface area contributed by atoms with Crippen molar-refractivity contribution in [3.05, 3.63) is 0 Å². The molecule has 6 heteroatoms. The summed E-state index contributed by atoms with van der Waals surface area (Å²) in [5.74, 6) is -0.333. The number of carboxylic acids is 1. The molecule has 4 atom stereocenters. The van der Waals surface area contributed by atoms with Gasteiger partial charge in [0.1, 0.15) is 5.54 Å². The van der Waals surface area contributed by atoms with Gasteiger partial charge in [-0.25, -0.2) is 9.59 Å². The Balaban J connectivity index is 1.75. The maximum Gasteiger partial charge on any atom is 0.329 e. The lowest BCUT2D eigenvalue weighted by molar-refractivity contribution is -0.148. The minimum Gasteiger partial charge on any atom is -0.479 e. The molecule has 2 N–H and O–H groups in total. The van der Waals surface area contributed by atoms with Crippen LogP contribution >= 0.6 is 0 Å². The molecule has 3 fully saturated rings. The van der Waals surface area contributed by atoms with Crippen LogP contribution in [0, 0.1) is 11.8 Å². The lowest BCUT2D eigenvalue weighted by Crippen LogP contribution is -2.56. The first-order chi connectivity index (χ1) is 9.99. The molecule has 6 nitrogen and oxygen atoms in total. The van der Waals surface area contributed by atoms with Gasteiger partial charge in [-0.15, -0.1) is 0 Å². The van der Waals surface area contributed by atoms with Crippen LogP contribution in [0.25, 0.3) is 0 Å². The van der Waals surface area contributed by atoms with Crippen LogP contribution in [0.5, 0.6) is 0 Å². The molecule has 1 saturated carbocycles. The highest BCUT2D eigenvalue weighted by Gasteiger charge is 2.52. The first kappa shape index (κ1) is 14.6. The molecular weight excluding hydrogens is 272 g/mol. The second kappa shape index (κ2) is 5.16. The highest BCUT2D eigenvalue weighted by molar-refractivity contribution is 5.87. The largest absolute Gasteiger partial charge is 0.479 e. The third-order valence-corrected chi connectivity index (χ3v) is 5.79. The summed E-state index contributed by atoms with van der Waals surface area (Å²) < 4.78 is 0. The van der Waals surface area contributed by atoms with Gasteiger partial charge in [0.2, 0.25) is 0 Å². The van der Waals surface area contributed by atoms with Crippen LogP contribution in [0.1, 0.15) is 39.0 Å². The maximum atomic E-state index is 12.8. The summed E-state index contributed by atoms with van der Waals surface area (Å²) >= 11 is 0. The molecule has 4 unspecified atom stereocenters. The van der Waals surface area contributed by atoms with Gasteiger partial charge in [0, 0.05) is 25.6 Å². The van der Waals surface area contributed by atoms with Crippen LogP contribution in [0.4, 0.5) is 4.79 Å². The number of carbonyl (C=O) groups is 2. The van der Waals surface area contributed by atoms with Crippen molar-refractivity contribution in [2.75, 3.05) is 19.6 Å². The molecule has 3 aliphatic rings. The Hall–Kier alpha value is -1.30. The molecule has 0 aromatic rings. The number of hydrogen-bond acceptors (Lipinski definition) is 3. The molecule has 3 rings (SSSR count). The zero-order chi connectivity index (χ0) is 15.2. The molecule has 21 heavy (non-hydrogen) atoms. The van der Waals surface area contributed by atoms with E-state index in [4.69, 9.17) is 0 Å². The number of hydrogen-bond donors (Lipinski definition) is 2. The van der Waals surface area contributed by atoms with Crippen molar-refractivity contribution in [2.24, 2.45) is 11.8 Å². The highest BCUT2D eigenvalue weighted by atomic mass is 16.4. The average molecular weight is 296 g/mol. The zero-order valence-corrected chi connectivity index (χ0v) is 12.5. The molecule has 2 aliphatic heterocycles. The predicted octanol–water partition coefficient (Wildman–Crippen LogP) is 1.14. The first-order valence-electron chi connectivity index (χ1n) is 7.97. The van der Waals surface area contributed by atoms with Gasteiger partial charge < -0.3 is 20.0 Å². The number of aliphatic hydroxyl groups is 1. The van der Waals surface area contributed by atoms with Crippen LogP contribution in [0.15, 0.2) is 0 Å². The summed E-state index contributed by atoms with van der Waals surface area (Å²) in [6, 6.07) is -0.154. The fraction of sp³-hybridized carbons (Fsp3) is 0.867. The smallest absolute Gasteiger partial charge is 0.329 e. The number of urea groups is 1. The molecule has 0 aromatic heterocycles. The second-order valence-corrected chi connectivity index (χ2v) is 6.70. The number of likely N-dealkylation sites (tertiary alicyclic amines) is 2. The number of nitrogens with zero attached hydrogens (tertiary/aromatic N) is 2. The summed E-state index contributed by atoms with van der Waals surface area (Å²) in [6.45, 7) is 3.59. The normalized spacial score (nSPS) is 38.9. The first-order valence-corrected chi connectivity index (χ1v) is 7.97. The van der Waals surface area contributed by atoms with Crippen molar-refractivity contribution in [1.82, 2.24) is 9.80 Å². The van der Waals surface area contributed by atoms with Gasteiger partial charge in [-0.05, 0) is 38.0 Å². The molecule has 0 bridgehead atoms. The monoisotopic (exact) mass is 296 g/mol. The molecule has 2 heterocycles. The van der Waals surface area contributed by atoms with Gasteiger partial charge in [0.05, 0.1) is 6.10 Å². The van der Waals surface area contributed by atoms with E-state index in [1.165, 1.54) is 0 Å². The maximum absolute atomic E-state index is 12.8. The molecule has 2 amide bonds. The average Bonchev–Trinajstić information content (AvgIpc) is 3.14. The minimum absolute atomic E-state index is 0.154. The van der Waals surface area contributed by atoms with E-state index in [2.05, 4.69) is 0 Å². The predicted molar refractivity (Wildman–Crippen MR) is 75.8 cm³/mol. The topological polar surface area (TPSA) is 81.1 Å². The van der Waals surface area contributed by atoms with E-state index >= 15 is 0 Å². The lowest BCUT2D eigenvalue weighted by Gasteiger charge is -2.36. The van der Waals surface area contributed by atoms with E-state index in [9.17, 15) is 19.8 Å². The number of carboxylic acid groups (broad SMARTS) is 1. The fourth-order valence-corrected chi connectivity index (χ4v) is 4.46. The van der Waals surface area contributed by atoms with E-state index in [0.29, 0.717) is 38.4 Å². The van der Waals surface area contributed by atoms with Crippen molar-refractivity contribution < 1.29 is 19.8 Å². The van der Waals surface area contributed by atoms with Gasteiger partial charge in [0.25, 0.3) is 0 Å². The number of fused-ring (bicyclic) bond motifs is 1. The Kier molecular flexibility index (Phi) is 3.59. The van der Waals surface area contributed by atoms with Crippen molar-refractivity contribution in [3.8, 4) is 0 Å². The van der Waals surface area contributed by atoms with Crippen LogP contribution in [0.2, 0.25) is 0 Å². The molecular formula is C15H24N2O4. The molecule has 2 saturated heterocycles. The number of aliphatic hydroxyl groups excluding tert-OH is 1. The Labute approximate surface area is 124 Å². The van der Waals surface area contributed by atoms with E-state index < -0.39 is 11.5 Å². The van der Waals surface area contributed by atoms with E-state index in [-0.39, 0.29) is 18.1 Å². The molecule has 0 aromatic carbocycles. The van der Waals surface area contributed by atoms with Gasteiger partial charge in [0.15, 0.2) is 0 Å². The third kappa shape index (κ3) is 2.11. The van der Waals surface area contributed by atoms with Gasteiger partial charge in [-0.3, -0.25) is 0 Å². The number of amides is 2. The van der Waals surface area contributed by atoms with Crippen LogP contribution in [0.3, 0.4) is 0 Å². The molecule has 118 valence electrons. The molecule has 1 aliphatic carbocycles. The summed E-state index contributed by atoms with van der Waals surface area (Å²) in [4.78, 5) is 27.8. The van der Waals surface area contributed by atoms with Crippen LogP contribution in [-0.4, -0.2) is 63.3 Å². The van der Waals surface area contributed by atoms with Gasteiger partial charge >= 0.3 is 12.0 Å². The van der Waals surface area contributed by atoms with E-state index in [0.717, 1.165) is 19.3 Å². The quantitative estimate of drug-likeness (QED) is 0.800. The number of aliphatic carboxylic acids is 1. The zero-order valence-electron chi connectivity index (χ0n) is 12.5. The standard InChI is InChI=1S/C15H24N2O4/c1-2-15(13(19)20)6-3-7-17(15)14(21)16-8-10-4-5-12(18)11(10)9-16/h10-12,18H,2-9H2,1H3,(H,19,20). The summed E-state index contributed by atoms with van der Waals surface area (Å²) in [6.07, 6.45) is 3.21. The fourth-order valence-electron chi connectivity index (χ4n) is 4.46. The van der Waals surface area contributed by atoms with E-state index in [1.807, 2.05) is 6.92 Å². The van der Waals surface area contributed by atoms with Gasteiger partial charge in [-0.2, -0.15) is 0 Å². The van der Waals surface area contributed by atoms with Crippen LogP contribution in [-0.2, 0) is 4.79 Å². The summed E-state index contributed by atoms with van der Waals surface area (Å²) in [5, 5.41) is 19.5. The van der Waals surface area contributed by atoms with Crippen molar-refractivity contribution in [3.63, 3.8) is 0 Å². The van der Waals surface area contributed by atoms with Gasteiger partial charge in [-0.1, -0.05) is 6.92 Å². The second-order valence-electron chi connectivity index (χ2n) is 6.70. The summed E-state index contributed by atoms with van der Waals surface area (Å²) in [7, 11) is 0. The lowest BCUT2D eigenvalue weighted by atomic mass is 9.93. The highest BCUT2D eigenvalue weighted by Crippen LogP contribution is 2.40. The Morgan fingerprint density at radius 1 is 1.29 bits per heavy atom. The van der Waals surface area contributed by atoms with Crippen molar-refractivity contribution in [1.29, 1.82) is 0 Å². The molecule has 0 radical (unpaired) electrons. The van der Waals surface area contributed by atoms with Crippen molar-refractivity contribution in [2.45, 2.75) is 50.7 Å². The van der Waals surface area contributed by atoms with Crippen LogP contribution < -0.4 is 0 Å². The Morgan fingerprint density at radius 3 is 2.67 bits per heavy atom. The Morgan fingerprint density at radius 2 is 2.05 bits per heavy atom. The Bertz CT molecular complexity index is 455. The molecule has 0 spiro atoms. The van der Waals surface area contributed by atoms with E-state index in [1.54, 1.807) is 9.80 Å². The number of carbonyl (C=O) groups excluding carboxylic acids is 1.